The molecule has 2 fully saturated rings. The summed E-state index contributed by atoms with van der Waals surface area (Å²) in [5.41, 5.74) is 0. The van der Waals surface area contributed by atoms with Crippen LogP contribution in [-0.2, 0) is 9.47 Å². The third-order valence-corrected chi connectivity index (χ3v) is 5.25. The molecule has 0 aromatic heterocycles. The number of rotatable bonds is 8. The van der Waals surface area contributed by atoms with Gasteiger partial charge >= 0.3 is 0 Å². The first-order chi connectivity index (χ1) is 9.33. The van der Waals surface area contributed by atoms with Gasteiger partial charge in [-0.1, -0.05) is 46.0 Å². The van der Waals surface area contributed by atoms with Crippen molar-refractivity contribution in [3.05, 3.63) is 0 Å². The van der Waals surface area contributed by atoms with Crippen LogP contribution < -0.4 is 0 Å². The van der Waals surface area contributed by atoms with E-state index in [-0.39, 0.29) is 6.29 Å². The highest BCUT2D eigenvalue weighted by Crippen LogP contribution is 2.42. The second-order valence-corrected chi connectivity index (χ2v) is 6.48. The van der Waals surface area contributed by atoms with Crippen molar-refractivity contribution in [1.29, 1.82) is 0 Å². The predicted octanol–water partition coefficient (Wildman–Crippen LogP) is 4.77. The van der Waals surface area contributed by atoms with E-state index in [0.717, 1.165) is 37.4 Å². The molecule has 0 amide bonds. The Morgan fingerprint density at radius 3 is 2.16 bits per heavy atom. The van der Waals surface area contributed by atoms with Crippen molar-refractivity contribution in [3.63, 3.8) is 0 Å². The molecule has 2 rings (SSSR count). The van der Waals surface area contributed by atoms with Crippen LogP contribution in [0.25, 0.3) is 0 Å². The van der Waals surface area contributed by atoms with E-state index in [1.165, 1.54) is 51.4 Å². The maximum Gasteiger partial charge on any atom is 0.157 e. The van der Waals surface area contributed by atoms with Crippen LogP contribution in [0.3, 0.4) is 0 Å². The quantitative estimate of drug-likeness (QED) is 0.590. The number of hydrogen-bond acceptors (Lipinski definition) is 2. The van der Waals surface area contributed by atoms with Crippen molar-refractivity contribution in [2.24, 2.45) is 17.8 Å². The van der Waals surface area contributed by atoms with Crippen LogP contribution in [-0.4, -0.2) is 19.5 Å². The van der Waals surface area contributed by atoms with E-state index in [1.807, 2.05) is 0 Å². The summed E-state index contributed by atoms with van der Waals surface area (Å²) >= 11 is 0. The molecule has 3 unspecified atom stereocenters. The van der Waals surface area contributed by atoms with E-state index in [0.29, 0.717) is 0 Å². The molecule has 112 valence electrons. The zero-order chi connectivity index (χ0) is 13.5. The summed E-state index contributed by atoms with van der Waals surface area (Å²) < 4.78 is 10.9. The van der Waals surface area contributed by atoms with Crippen molar-refractivity contribution >= 4 is 0 Å². The van der Waals surface area contributed by atoms with Gasteiger partial charge in [-0.3, -0.25) is 0 Å². The van der Waals surface area contributed by atoms with E-state index >= 15 is 0 Å². The lowest BCUT2D eigenvalue weighted by Gasteiger charge is -2.17. The van der Waals surface area contributed by atoms with Crippen LogP contribution in [0.2, 0.25) is 0 Å². The lowest BCUT2D eigenvalue weighted by atomic mass is 9.89. The molecule has 19 heavy (non-hydrogen) atoms. The Kier molecular flexibility index (Phi) is 6.66. The molecule has 2 aliphatic rings. The molecule has 2 nitrogen and oxygen atoms in total. The van der Waals surface area contributed by atoms with E-state index in [9.17, 15) is 0 Å². The van der Waals surface area contributed by atoms with Gasteiger partial charge < -0.3 is 9.47 Å². The Morgan fingerprint density at radius 1 is 0.789 bits per heavy atom. The van der Waals surface area contributed by atoms with Gasteiger partial charge in [0, 0.05) is 0 Å². The smallest absolute Gasteiger partial charge is 0.157 e. The summed E-state index contributed by atoms with van der Waals surface area (Å²) in [4.78, 5) is 0. The van der Waals surface area contributed by atoms with E-state index in [4.69, 9.17) is 9.47 Å². The van der Waals surface area contributed by atoms with Crippen molar-refractivity contribution in [3.8, 4) is 0 Å². The number of ether oxygens (including phenoxy) is 2. The fourth-order valence-electron chi connectivity index (χ4n) is 3.99. The van der Waals surface area contributed by atoms with Crippen LogP contribution in [0.5, 0.6) is 0 Å². The predicted molar refractivity (Wildman–Crippen MR) is 79.1 cm³/mol. The molecule has 1 aliphatic heterocycles. The van der Waals surface area contributed by atoms with Crippen LogP contribution in [0.4, 0.5) is 0 Å². The molecular formula is C17H32O2. The van der Waals surface area contributed by atoms with Gasteiger partial charge in [-0.25, -0.2) is 0 Å². The van der Waals surface area contributed by atoms with Crippen molar-refractivity contribution < 1.29 is 9.47 Å². The molecule has 0 aromatic carbocycles. The molecule has 0 N–H and O–H groups in total. The SMILES string of the molecule is CCC1CC(CC)C(CCCCCC2OCCO2)C1. The summed E-state index contributed by atoms with van der Waals surface area (Å²) in [7, 11) is 0. The highest BCUT2D eigenvalue weighted by Gasteiger charge is 2.31. The van der Waals surface area contributed by atoms with Gasteiger partial charge in [0.15, 0.2) is 6.29 Å². The third kappa shape index (κ3) is 4.75. The van der Waals surface area contributed by atoms with Crippen molar-refractivity contribution in [2.75, 3.05) is 13.2 Å². The molecule has 2 heteroatoms. The lowest BCUT2D eigenvalue weighted by Crippen LogP contribution is -2.08. The molecule has 1 saturated carbocycles. The van der Waals surface area contributed by atoms with Gasteiger partial charge in [0.1, 0.15) is 0 Å². The van der Waals surface area contributed by atoms with Crippen molar-refractivity contribution in [1.82, 2.24) is 0 Å². The maximum absolute atomic E-state index is 5.47. The zero-order valence-electron chi connectivity index (χ0n) is 12.9. The fraction of sp³-hybridized carbons (Fsp3) is 1.00. The monoisotopic (exact) mass is 268 g/mol. The summed E-state index contributed by atoms with van der Waals surface area (Å²) in [6.45, 7) is 6.33. The second-order valence-electron chi connectivity index (χ2n) is 6.48. The zero-order valence-corrected chi connectivity index (χ0v) is 12.9. The van der Waals surface area contributed by atoms with Crippen molar-refractivity contribution in [2.45, 2.75) is 77.9 Å². The third-order valence-electron chi connectivity index (χ3n) is 5.25. The molecular weight excluding hydrogens is 236 g/mol. The standard InChI is InChI=1S/C17H32O2/c1-3-14-12-15(4-2)16(13-14)8-6-5-7-9-17-18-10-11-19-17/h14-17H,3-13H2,1-2H3. The normalized spacial score (nSPS) is 32.2. The van der Waals surface area contributed by atoms with Gasteiger partial charge in [0.05, 0.1) is 13.2 Å². The first-order valence-corrected chi connectivity index (χ1v) is 8.56. The van der Waals surface area contributed by atoms with Gasteiger partial charge in [0.2, 0.25) is 0 Å². The Bertz CT molecular complexity index is 235. The summed E-state index contributed by atoms with van der Waals surface area (Å²) in [6.07, 6.45) is 12.5. The lowest BCUT2D eigenvalue weighted by molar-refractivity contribution is -0.0480. The molecule has 1 heterocycles. The van der Waals surface area contributed by atoms with E-state index in [2.05, 4.69) is 13.8 Å². The minimum absolute atomic E-state index is 0.111. The Labute approximate surface area is 119 Å². The highest BCUT2D eigenvalue weighted by molar-refractivity contribution is 4.82. The topological polar surface area (TPSA) is 18.5 Å². The van der Waals surface area contributed by atoms with Gasteiger partial charge in [-0.05, 0) is 43.4 Å². The van der Waals surface area contributed by atoms with Gasteiger partial charge in [0.25, 0.3) is 0 Å². The average Bonchev–Trinajstić information content (AvgIpc) is 3.07. The van der Waals surface area contributed by atoms with Crippen LogP contribution >= 0.6 is 0 Å². The minimum Gasteiger partial charge on any atom is -0.350 e. The Balaban J connectivity index is 1.54. The molecule has 3 atom stereocenters. The molecule has 0 spiro atoms. The largest absolute Gasteiger partial charge is 0.350 e. The van der Waals surface area contributed by atoms with E-state index in [1.54, 1.807) is 0 Å². The second kappa shape index (κ2) is 8.26. The summed E-state index contributed by atoms with van der Waals surface area (Å²) in [5, 5.41) is 0. The highest BCUT2D eigenvalue weighted by atomic mass is 16.7. The van der Waals surface area contributed by atoms with Gasteiger partial charge in [-0.2, -0.15) is 0 Å². The first kappa shape index (κ1) is 15.3. The van der Waals surface area contributed by atoms with E-state index < -0.39 is 0 Å². The molecule has 1 saturated heterocycles. The molecule has 0 bridgehead atoms. The molecule has 0 radical (unpaired) electrons. The summed E-state index contributed by atoms with van der Waals surface area (Å²) in [6, 6.07) is 0. The van der Waals surface area contributed by atoms with Crippen LogP contribution in [0.1, 0.15) is 71.6 Å². The van der Waals surface area contributed by atoms with Gasteiger partial charge in [-0.15, -0.1) is 0 Å². The fourth-order valence-corrected chi connectivity index (χ4v) is 3.99. The minimum atomic E-state index is 0.111. The number of hydrogen-bond donors (Lipinski definition) is 0. The molecule has 1 aliphatic carbocycles. The van der Waals surface area contributed by atoms with Crippen LogP contribution in [0.15, 0.2) is 0 Å². The van der Waals surface area contributed by atoms with Crippen LogP contribution in [0, 0.1) is 17.8 Å². The first-order valence-electron chi connectivity index (χ1n) is 8.56. The maximum atomic E-state index is 5.47. The summed E-state index contributed by atoms with van der Waals surface area (Å²) in [5.74, 6) is 3.07. The Hall–Kier alpha value is -0.0800. The average molecular weight is 268 g/mol. The molecule has 0 aromatic rings. The Morgan fingerprint density at radius 2 is 1.47 bits per heavy atom. The number of unbranched alkanes of at least 4 members (excludes halogenated alkanes) is 2.